The zero-order chi connectivity index (χ0) is 13.9. The maximum atomic E-state index is 5.69. The van der Waals surface area contributed by atoms with Gasteiger partial charge in [0.15, 0.2) is 0 Å². The molecule has 0 saturated heterocycles. The molecule has 3 rings (SSSR count). The fourth-order valence-corrected chi connectivity index (χ4v) is 2.34. The number of rotatable bonds is 4. The predicted molar refractivity (Wildman–Crippen MR) is 75.5 cm³/mol. The molecule has 3 aromatic rings. The maximum absolute atomic E-state index is 5.69. The largest absolute Gasteiger partial charge is 0.368 e. The second kappa shape index (κ2) is 5.21. The number of anilines is 2. The number of nitrogens with one attached hydrogen (secondary N) is 1. The Hall–Kier alpha value is -2.55. The van der Waals surface area contributed by atoms with Crippen molar-refractivity contribution in [3.63, 3.8) is 0 Å². The first kappa shape index (κ1) is 12.5. The van der Waals surface area contributed by atoms with Crippen molar-refractivity contribution in [2.24, 2.45) is 0 Å². The summed E-state index contributed by atoms with van der Waals surface area (Å²) in [6.45, 7) is 2.55. The highest BCUT2D eigenvalue weighted by atomic mass is 32.1. The fourth-order valence-electron chi connectivity index (χ4n) is 1.60. The molecule has 9 heteroatoms. The van der Waals surface area contributed by atoms with Crippen LogP contribution in [-0.4, -0.2) is 29.7 Å². The summed E-state index contributed by atoms with van der Waals surface area (Å²) < 4.78 is 1.53. The Morgan fingerprint density at radius 1 is 1.35 bits per heavy atom. The van der Waals surface area contributed by atoms with E-state index in [0.29, 0.717) is 18.4 Å². The van der Waals surface area contributed by atoms with Crippen molar-refractivity contribution in [2.45, 2.75) is 13.5 Å². The van der Waals surface area contributed by atoms with Crippen molar-refractivity contribution in [3.05, 3.63) is 34.5 Å². The summed E-state index contributed by atoms with van der Waals surface area (Å²) in [6, 6.07) is 1.78. The van der Waals surface area contributed by atoms with Gasteiger partial charge in [-0.1, -0.05) is 0 Å². The van der Waals surface area contributed by atoms with E-state index in [1.165, 1.54) is 4.68 Å². The Morgan fingerprint density at radius 3 is 2.95 bits per heavy atom. The van der Waals surface area contributed by atoms with Gasteiger partial charge in [-0.25, -0.2) is 9.67 Å². The molecule has 0 fully saturated rings. The van der Waals surface area contributed by atoms with E-state index in [0.717, 1.165) is 9.88 Å². The van der Waals surface area contributed by atoms with Crippen LogP contribution in [0.2, 0.25) is 0 Å². The summed E-state index contributed by atoms with van der Waals surface area (Å²) in [7, 11) is 0. The molecule has 8 nitrogen and oxygen atoms in total. The first-order valence-corrected chi connectivity index (χ1v) is 6.69. The normalized spacial score (nSPS) is 10.7. The molecule has 0 unspecified atom stereocenters. The number of hydrogen-bond donors (Lipinski definition) is 2. The van der Waals surface area contributed by atoms with Crippen LogP contribution in [0, 0.1) is 6.92 Å². The van der Waals surface area contributed by atoms with E-state index in [-0.39, 0.29) is 5.95 Å². The van der Waals surface area contributed by atoms with E-state index < -0.39 is 0 Å². The van der Waals surface area contributed by atoms with Crippen LogP contribution >= 0.6 is 11.3 Å². The Balaban J connectivity index is 1.79. The zero-order valence-electron chi connectivity index (χ0n) is 10.7. The van der Waals surface area contributed by atoms with Crippen LogP contribution in [-0.2, 0) is 6.54 Å². The third-order valence-corrected chi connectivity index (χ3v) is 3.35. The van der Waals surface area contributed by atoms with Gasteiger partial charge < -0.3 is 11.1 Å². The molecular formula is C11H12N8S. The number of thiazole rings is 1. The minimum atomic E-state index is 0.147. The summed E-state index contributed by atoms with van der Waals surface area (Å²) >= 11 is 1.62. The highest BCUT2D eigenvalue weighted by Crippen LogP contribution is 2.13. The lowest BCUT2D eigenvalue weighted by Gasteiger charge is -2.05. The van der Waals surface area contributed by atoms with Crippen LogP contribution in [0.15, 0.2) is 24.7 Å². The molecule has 0 aromatic carbocycles. The van der Waals surface area contributed by atoms with Crippen molar-refractivity contribution in [1.82, 2.24) is 29.7 Å². The third kappa shape index (κ3) is 2.72. The van der Waals surface area contributed by atoms with E-state index in [4.69, 9.17) is 5.73 Å². The first-order chi connectivity index (χ1) is 9.70. The fraction of sp³-hybridized carbons (Fsp3) is 0.182. The van der Waals surface area contributed by atoms with Crippen LogP contribution in [0.5, 0.6) is 0 Å². The van der Waals surface area contributed by atoms with E-state index in [1.807, 2.05) is 13.1 Å². The molecule has 0 bridgehead atoms. The smallest absolute Gasteiger partial charge is 0.257 e. The van der Waals surface area contributed by atoms with Gasteiger partial charge in [-0.2, -0.15) is 20.1 Å². The SMILES string of the molecule is Cc1ncc(CNc2nc(N)nc(-n3cccn3)n2)s1. The molecule has 3 aromatic heterocycles. The first-order valence-electron chi connectivity index (χ1n) is 5.87. The number of aromatic nitrogens is 6. The van der Waals surface area contributed by atoms with Gasteiger partial charge in [-0.05, 0) is 13.0 Å². The minimum absolute atomic E-state index is 0.147. The molecule has 0 saturated carbocycles. The van der Waals surface area contributed by atoms with Crippen LogP contribution in [0.4, 0.5) is 11.9 Å². The van der Waals surface area contributed by atoms with Crippen molar-refractivity contribution in [2.75, 3.05) is 11.1 Å². The van der Waals surface area contributed by atoms with E-state index in [2.05, 4.69) is 30.4 Å². The van der Waals surface area contributed by atoms with Crippen LogP contribution in [0.1, 0.15) is 9.88 Å². The van der Waals surface area contributed by atoms with Crippen LogP contribution < -0.4 is 11.1 Å². The second-order valence-electron chi connectivity index (χ2n) is 3.97. The lowest BCUT2D eigenvalue weighted by molar-refractivity contribution is 0.799. The monoisotopic (exact) mass is 288 g/mol. The van der Waals surface area contributed by atoms with Gasteiger partial charge in [0.25, 0.3) is 5.95 Å². The van der Waals surface area contributed by atoms with Gasteiger partial charge in [0.05, 0.1) is 11.6 Å². The standard InChI is InChI=1S/C11H12N8S/c1-7-13-5-8(20-7)6-14-10-16-9(12)17-11(18-10)19-4-2-3-15-19/h2-5H,6H2,1H3,(H3,12,14,16,17,18). The number of hydrogen-bond acceptors (Lipinski definition) is 8. The predicted octanol–water partition coefficient (Wildman–Crippen LogP) is 1.02. The van der Waals surface area contributed by atoms with Gasteiger partial charge in [-0.15, -0.1) is 11.3 Å². The number of nitrogen functional groups attached to an aromatic ring is 1. The topological polar surface area (TPSA) is 107 Å². The Morgan fingerprint density at radius 2 is 2.25 bits per heavy atom. The van der Waals surface area contributed by atoms with Crippen LogP contribution in [0.3, 0.4) is 0 Å². The number of aryl methyl sites for hydroxylation is 1. The third-order valence-electron chi connectivity index (χ3n) is 2.44. The lowest BCUT2D eigenvalue weighted by Crippen LogP contribution is -2.11. The van der Waals surface area contributed by atoms with Crippen molar-refractivity contribution >= 4 is 23.2 Å². The van der Waals surface area contributed by atoms with Crippen LogP contribution in [0.25, 0.3) is 5.95 Å². The van der Waals surface area contributed by atoms with E-state index >= 15 is 0 Å². The Labute approximate surface area is 118 Å². The van der Waals surface area contributed by atoms with E-state index in [1.54, 1.807) is 29.8 Å². The molecule has 0 aliphatic carbocycles. The quantitative estimate of drug-likeness (QED) is 0.737. The van der Waals surface area contributed by atoms with Gasteiger partial charge in [0, 0.05) is 23.5 Å². The molecule has 0 aliphatic rings. The number of nitrogens with zero attached hydrogens (tertiary/aromatic N) is 6. The van der Waals surface area contributed by atoms with Crippen molar-refractivity contribution < 1.29 is 0 Å². The molecule has 0 spiro atoms. The van der Waals surface area contributed by atoms with Gasteiger partial charge in [0.2, 0.25) is 11.9 Å². The average molecular weight is 288 g/mol. The van der Waals surface area contributed by atoms with Gasteiger partial charge in [0.1, 0.15) is 0 Å². The number of nitrogens with two attached hydrogens (primary N) is 1. The lowest BCUT2D eigenvalue weighted by atomic mass is 10.5. The minimum Gasteiger partial charge on any atom is -0.368 e. The van der Waals surface area contributed by atoms with Crippen molar-refractivity contribution in [1.29, 1.82) is 0 Å². The Kier molecular flexibility index (Phi) is 3.25. The van der Waals surface area contributed by atoms with Gasteiger partial charge in [-0.3, -0.25) is 0 Å². The van der Waals surface area contributed by atoms with Gasteiger partial charge >= 0.3 is 0 Å². The highest BCUT2D eigenvalue weighted by molar-refractivity contribution is 7.11. The summed E-state index contributed by atoms with van der Waals surface area (Å²) in [5, 5.41) is 8.19. The summed E-state index contributed by atoms with van der Waals surface area (Å²) in [4.78, 5) is 17.7. The second-order valence-corrected chi connectivity index (χ2v) is 5.29. The summed E-state index contributed by atoms with van der Waals surface area (Å²) in [5.41, 5.74) is 5.69. The molecule has 0 atom stereocenters. The molecule has 20 heavy (non-hydrogen) atoms. The molecule has 0 amide bonds. The molecule has 3 N–H and O–H groups in total. The molecular weight excluding hydrogens is 276 g/mol. The summed E-state index contributed by atoms with van der Waals surface area (Å²) in [5.74, 6) is 0.938. The molecule has 3 heterocycles. The zero-order valence-corrected chi connectivity index (χ0v) is 11.5. The maximum Gasteiger partial charge on any atom is 0.257 e. The molecule has 0 aliphatic heterocycles. The summed E-state index contributed by atoms with van der Waals surface area (Å²) in [6.07, 6.45) is 5.21. The van der Waals surface area contributed by atoms with Crippen molar-refractivity contribution in [3.8, 4) is 5.95 Å². The Bertz CT molecular complexity index is 705. The average Bonchev–Trinajstić information content (AvgIpc) is 3.07. The highest BCUT2D eigenvalue weighted by Gasteiger charge is 2.07. The van der Waals surface area contributed by atoms with E-state index in [9.17, 15) is 0 Å². The molecule has 102 valence electrons. The molecule has 0 radical (unpaired) electrons.